The average Bonchev–Trinajstić information content (AvgIpc) is 2.38. The fourth-order valence-corrected chi connectivity index (χ4v) is 1.79. The van der Waals surface area contributed by atoms with Crippen molar-refractivity contribution in [3.63, 3.8) is 0 Å². The van der Waals surface area contributed by atoms with Gasteiger partial charge in [0.25, 0.3) is 0 Å². The quantitative estimate of drug-likeness (QED) is 0.382. The van der Waals surface area contributed by atoms with Crippen LogP contribution in [0.15, 0.2) is 35.5 Å². The molecule has 0 fully saturated rings. The number of nitrogen functional groups attached to an aromatic ring is 1. The number of aryl methyl sites for hydroxylation is 1. The highest BCUT2D eigenvalue weighted by molar-refractivity contribution is 7.98. The highest BCUT2D eigenvalue weighted by Crippen LogP contribution is 2.24. The van der Waals surface area contributed by atoms with Crippen molar-refractivity contribution in [2.24, 2.45) is 5.84 Å². The number of hydrazine groups is 1. The molecule has 5 nitrogen and oxygen atoms in total. The molecule has 1 aromatic heterocycles. The van der Waals surface area contributed by atoms with Crippen molar-refractivity contribution in [1.82, 2.24) is 9.97 Å². The zero-order chi connectivity index (χ0) is 13.0. The lowest BCUT2D eigenvalue weighted by molar-refractivity contribution is 0.455. The normalized spacial score (nSPS) is 10.2. The fourth-order valence-electron chi connectivity index (χ4n) is 1.42. The summed E-state index contributed by atoms with van der Waals surface area (Å²) in [7, 11) is 0. The molecule has 18 heavy (non-hydrogen) atoms. The molecule has 0 amide bonds. The standard InChI is InChI=1S/C12H14N4OS/c1-8-4-3-5-9(6-8)17-11-7-10(16-13)14-12(15-11)18-2/h3-7H,13H2,1-2H3,(H,14,15,16). The van der Waals surface area contributed by atoms with Crippen molar-refractivity contribution in [3.8, 4) is 11.6 Å². The van der Waals surface area contributed by atoms with Gasteiger partial charge in [-0.25, -0.2) is 10.8 Å². The smallest absolute Gasteiger partial charge is 0.225 e. The van der Waals surface area contributed by atoms with Crippen LogP contribution < -0.4 is 16.0 Å². The highest BCUT2D eigenvalue weighted by Gasteiger charge is 2.05. The van der Waals surface area contributed by atoms with Gasteiger partial charge in [-0.15, -0.1) is 0 Å². The van der Waals surface area contributed by atoms with Gasteiger partial charge >= 0.3 is 0 Å². The molecule has 1 heterocycles. The Balaban J connectivity index is 2.28. The number of benzene rings is 1. The summed E-state index contributed by atoms with van der Waals surface area (Å²) in [4.78, 5) is 8.42. The zero-order valence-electron chi connectivity index (χ0n) is 10.2. The summed E-state index contributed by atoms with van der Waals surface area (Å²) in [5.41, 5.74) is 3.62. The van der Waals surface area contributed by atoms with Crippen LogP contribution in [0.5, 0.6) is 11.6 Å². The summed E-state index contributed by atoms with van der Waals surface area (Å²) in [6, 6.07) is 9.42. The van der Waals surface area contributed by atoms with E-state index in [2.05, 4.69) is 15.4 Å². The molecule has 6 heteroatoms. The first-order valence-electron chi connectivity index (χ1n) is 5.35. The van der Waals surface area contributed by atoms with Gasteiger partial charge in [-0.3, -0.25) is 0 Å². The van der Waals surface area contributed by atoms with Gasteiger partial charge in [-0.2, -0.15) is 4.98 Å². The lowest BCUT2D eigenvalue weighted by atomic mass is 10.2. The van der Waals surface area contributed by atoms with Crippen molar-refractivity contribution in [2.45, 2.75) is 12.1 Å². The molecule has 0 radical (unpaired) electrons. The van der Waals surface area contributed by atoms with Crippen LogP contribution in [0.3, 0.4) is 0 Å². The predicted octanol–water partition coefficient (Wildman–Crippen LogP) is 2.58. The van der Waals surface area contributed by atoms with Crippen LogP contribution in [0.2, 0.25) is 0 Å². The molecule has 0 unspecified atom stereocenters. The Morgan fingerprint density at radius 2 is 2.11 bits per heavy atom. The van der Waals surface area contributed by atoms with Crippen LogP contribution in [0.25, 0.3) is 0 Å². The molecule has 0 bridgehead atoms. The average molecular weight is 262 g/mol. The van der Waals surface area contributed by atoms with Crippen molar-refractivity contribution >= 4 is 17.6 Å². The molecule has 0 atom stereocenters. The summed E-state index contributed by atoms with van der Waals surface area (Å²) in [6.45, 7) is 2.01. The third-order valence-corrected chi connectivity index (χ3v) is 2.77. The van der Waals surface area contributed by atoms with E-state index >= 15 is 0 Å². The van der Waals surface area contributed by atoms with Crippen molar-refractivity contribution in [3.05, 3.63) is 35.9 Å². The lowest BCUT2D eigenvalue weighted by Crippen LogP contribution is -2.09. The Hall–Kier alpha value is -1.79. The molecule has 2 aromatic rings. The second kappa shape index (κ2) is 5.70. The first-order valence-corrected chi connectivity index (χ1v) is 6.58. The first kappa shape index (κ1) is 12.7. The largest absolute Gasteiger partial charge is 0.439 e. The number of anilines is 1. The number of ether oxygens (including phenoxy) is 1. The minimum absolute atomic E-state index is 0.466. The van der Waals surface area contributed by atoms with Crippen LogP contribution in [0, 0.1) is 6.92 Å². The molecule has 2 rings (SSSR count). The van der Waals surface area contributed by atoms with Crippen molar-refractivity contribution < 1.29 is 4.74 Å². The first-order chi connectivity index (χ1) is 8.71. The number of nitrogens with one attached hydrogen (secondary N) is 1. The molecule has 94 valence electrons. The van der Waals surface area contributed by atoms with Gasteiger partial charge in [-0.05, 0) is 30.9 Å². The van der Waals surface area contributed by atoms with Crippen LogP contribution in [-0.2, 0) is 0 Å². The molecule has 0 saturated heterocycles. The molecule has 0 aliphatic heterocycles. The third kappa shape index (κ3) is 3.12. The Morgan fingerprint density at radius 1 is 1.28 bits per heavy atom. The van der Waals surface area contributed by atoms with E-state index in [0.29, 0.717) is 16.9 Å². The Kier molecular flexibility index (Phi) is 4.01. The summed E-state index contributed by atoms with van der Waals surface area (Å²) in [6.07, 6.45) is 1.89. The summed E-state index contributed by atoms with van der Waals surface area (Å²) < 4.78 is 5.68. The maximum atomic E-state index is 5.68. The van der Waals surface area contributed by atoms with E-state index in [1.807, 2.05) is 37.4 Å². The minimum Gasteiger partial charge on any atom is -0.439 e. The van der Waals surface area contributed by atoms with Gasteiger partial charge in [0, 0.05) is 6.07 Å². The molecular weight excluding hydrogens is 248 g/mol. The predicted molar refractivity (Wildman–Crippen MR) is 72.9 cm³/mol. The van der Waals surface area contributed by atoms with E-state index in [1.54, 1.807) is 6.07 Å². The van der Waals surface area contributed by atoms with Gasteiger partial charge in [0.1, 0.15) is 11.6 Å². The second-order valence-corrected chi connectivity index (χ2v) is 4.41. The van der Waals surface area contributed by atoms with Crippen LogP contribution in [0.1, 0.15) is 5.56 Å². The number of rotatable bonds is 4. The number of nitrogens with zero attached hydrogens (tertiary/aromatic N) is 2. The number of hydrogen-bond acceptors (Lipinski definition) is 6. The van der Waals surface area contributed by atoms with E-state index < -0.39 is 0 Å². The Bertz CT molecular complexity index is 525. The summed E-state index contributed by atoms with van der Waals surface area (Å²) in [5.74, 6) is 7.08. The van der Waals surface area contributed by atoms with Gasteiger partial charge < -0.3 is 10.2 Å². The lowest BCUT2D eigenvalue weighted by Gasteiger charge is -2.08. The number of hydrogen-bond donors (Lipinski definition) is 2. The van der Waals surface area contributed by atoms with E-state index in [0.717, 1.165) is 11.3 Å². The molecular formula is C12H14N4OS. The number of aromatic nitrogens is 2. The van der Waals surface area contributed by atoms with Gasteiger partial charge in [0.05, 0.1) is 0 Å². The maximum absolute atomic E-state index is 5.68. The molecule has 0 aliphatic carbocycles. The van der Waals surface area contributed by atoms with Crippen LogP contribution in [0.4, 0.5) is 5.82 Å². The third-order valence-electron chi connectivity index (χ3n) is 2.22. The summed E-state index contributed by atoms with van der Waals surface area (Å²) in [5, 5.41) is 0.605. The number of nitrogens with two attached hydrogens (primary N) is 1. The van der Waals surface area contributed by atoms with Crippen molar-refractivity contribution in [2.75, 3.05) is 11.7 Å². The molecule has 0 spiro atoms. The molecule has 0 saturated carbocycles. The zero-order valence-corrected chi connectivity index (χ0v) is 11.0. The van der Waals surface area contributed by atoms with E-state index in [1.165, 1.54) is 11.8 Å². The SMILES string of the molecule is CSc1nc(NN)cc(Oc2cccc(C)c2)n1. The van der Waals surface area contributed by atoms with E-state index in [9.17, 15) is 0 Å². The topological polar surface area (TPSA) is 73.1 Å². The van der Waals surface area contributed by atoms with Crippen molar-refractivity contribution in [1.29, 1.82) is 0 Å². The van der Waals surface area contributed by atoms with Gasteiger partial charge in [0.15, 0.2) is 5.16 Å². The Morgan fingerprint density at radius 3 is 2.78 bits per heavy atom. The van der Waals surface area contributed by atoms with E-state index in [4.69, 9.17) is 10.6 Å². The van der Waals surface area contributed by atoms with Gasteiger partial charge in [-0.1, -0.05) is 23.9 Å². The van der Waals surface area contributed by atoms with Crippen LogP contribution >= 0.6 is 11.8 Å². The van der Waals surface area contributed by atoms with Crippen LogP contribution in [-0.4, -0.2) is 16.2 Å². The minimum atomic E-state index is 0.466. The Labute approximate surface area is 110 Å². The monoisotopic (exact) mass is 262 g/mol. The maximum Gasteiger partial charge on any atom is 0.225 e. The highest BCUT2D eigenvalue weighted by atomic mass is 32.2. The fraction of sp³-hybridized carbons (Fsp3) is 0.167. The second-order valence-electron chi connectivity index (χ2n) is 3.64. The molecule has 0 aliphatic rings. The van der Waals surface area contributed by atoms with E-state index in [-0.39, 0.29) is 0 Å². The number of thioether (sulfide) groups is 1. The van der Waals surface area contributed by atoms with Gasteiger partial charge in [0.2, 0.25) is 5.88 Å². The molecule has 1 aromatic carbocycles. The summed E-state index contributed by atoms with van der Waals surface area (Å²) >= 11 is 1.43. The molecule has 3 N–H and O–H groups in total.